The number of ether oxygens (including phenoxy) is 1. The summed E-state index contributed by atoms with van der Waals surface area (Å²) in [5.74, 6) is -0.428. The molecule has 0 aromatic carbocycles. The predicted molar refractivity (Wildman–Crippen MR) is 66.9 cm³/mol. The summed E-state index contributed by atoms with van der Waals surface area (Å²) in [6, 6.07) is 0. The number of hydrogen-bond acceptors (Lipinski definition) is 3. The molecule has 0 radical (unpaired) electrons. The van der Waals surface area contributed by atoms with Gasteiger partial charge in [-0.3, -0.25) is 4.90 Å². The van der Waals surface area contributed by atoms with Crippen LogP contribution >= 0.6 is 0 Å². The average Bonchev–Trinajstić information content (AvgIpc) is 2.25. The maximum absolute atomic E-state index is 11.4. The van der Waals surface area contributed by atoms with E-state index in [-0.39, 0.29) is 0 Å². The van der Waals surface area contributed by atoms with Crippen LogP contribution in [0.3, 0.4) is 0 Å². The quantitative estimate of drug-likeness (QED) is 0.272. The predicted octanol–water partition coefficient (Wildman–Crippen LogP) is 2.29. The van der Waals surface area contributed by atoms with Crippen molar-refractivity contribution in [2.75, 3.05) is 13.1 Å². The summed E-state index contributed by atoms with van der Waals surface area (Å²) in [6.45, 7) is 17.2. The minimum absolute atomic E-state index is 0.365. The molecule has 3 heteroatoms. The smallest absolute Gasteiger partial charge is 0.334 e. The van der Waals surface area contributed by atoms with E-state index in [1.165, 1.54) is 0 Å². The van der Waals surface area contributed by atoms with E-state index in [4.69, 9.17) is 4.74 Å². The Hall–Kier alpha value is -1.61. The first-order chi connectivity index (χ1) is 7.56. The van der Waals surface area contributed by atoms with E-state index in [9.17, 15) is 4.79 Å². The van der Waals surface area contributed by atoms with Gasteiger partial charge in [-0.15, -0.1) is 13.2 Å². The summed E-state index contributed by atoms with van der Waals surface area (Å²) >= 11 is 0. The summed E-state index contributed by atoms with van der Waals surface area (Å²) in [5.41, 5.74) is 0.365. The molecule has 0 aromatic heterocycles. The highest BCUT2D eigenvalue weighted by molar-refractivity contribution is 5.87. The minimum atomic E-state index is -0.486. The average molecular weight is 221 g/mol. The molecule has 0 amide bonds. The topological polar surface area (TPSA) is 29.5 Å². The number of esters is 1. The second-order valence-electron chi connectivity index (χ2n) is 3.34. The van der Waals surface area contributed by atoms with Gasteiger partial charge in [0.05, 0.1) is 0 Å². The second kappa shape index (κ2) is 7.65. The van der Waals surface area contributed by atoms with Crippen LogP contribution in [0.5, 0.6) is 0 Å². The van der Waals surface area contributed by atoms with Gasteiger partial charge in [0, 0.05) is 18.7 Å². The van der Waals surface area contributed by atoms with E-state index in [1.54, 1.807) is 25.2 Å². The van der Waals surface area contributed by atoms with Crippen LogP contribution in [0.4, 0.5) is 0 Å². The van der Waals surface area contributed by atoms with Crippen LogP contribution in [0.2, 0.25) is 0 Å². The summed E-state index contributed by atoms with van der Waals surface area (Å²) in [5, 5.41) is 0. The van der Waals surface area contributed by atoms with Crippen molar-refractivity contribution in [3.63, 3.8) is 0 Å². The monoisotopic (exact) mass is 221 g/mol. The molecule has 0 aromatic rings. The highest BCUT2D eigenvalue weighted by Crippen LogP contribution is 2.06. The fourth-order valence-corrected chi connectivity index (χ4v) is 1.10. The molecule has 0 spiro atoms. The van der Waals surface area contributed by atoms with Crippen LogP contribution < -0.4 is 0 Å². The van der Waals surface area contributed by atoms with Crippen LogP contribution in [0.15, 0.2) is 50.1 Å². The van der Waals surface area contributed by atoms with Crippen molar-refractivity contribution in [2.45, 2.75) is 13.2 Å². The zero-order valence-electron chi connectivity index (χ0n) is 9.82. The van der Waals surface area contributed by atoms with Gasteiger partial charge < -0.3 is 4.74 Å². The SMILES string of the molecule is C=CCN(CC=C)C(C=C)OC(=O)C(=C)C. The highest BCUT2D eigenvalue weighted by Gasteiger charge is 2.17. The summed E-state index contributed by atoms with van der Waals surface area (Å²) in [4.78, 5) is 13.2. The molecule has 0 saturated carbocycles. The van der Waals surface area contributed by atoms with Crippen molar-refractivity contribution < 1.29 is 9.53 Å². The third kappa shape index (κ3) is 4.75. The molecule has 0 aliphatic heterocycles. The van der Waals surface area contributed by atoms with Crippen molar-refractivity contribution in [2.24, 2.45) is 0 Å². The molecular formula is C13H19NO2. The van der Waals surface area contributed by atoms with E-state index < -0.39 is 12.2 Å². The zero-order chi connectivity index (χ0) is 12.6. The summed E-state index contributed by atoms with van der Waals surface area (Å²) < 4.78 is 5.20. The van der Waals surface area contributed by atoms with Gasteiger partial charge in [-0.1, -0.05) is 25.3 Å². The molecule has 0 aliphatic rings. The Bertz CT molecular complexity index is 284. The van der Waals surface area contributed by atoms with Crippen LogP contribution in [-0.2, 0) is 9.53 Å². The van der Waals surface area contributed by atoms with Crippen LogP contribution in [0.1, 0.15) is 6.92 Å². The van der Waals surface area contributed by atoms with Crippen molar-refractivity contribution in [3.05, 3.63) is 50.1 Å². The van der Waals surface area contributed by atoms with E-state index in [1.807, 2.05) is 4.90 Å². The van der Waals surface area contributed by atoms with Gasteiger partial charge >= 0.3 is 5.97 Å². The van der Waals surface area contributed by atoms with Crippen LogP contribution in [0.25, 0.3) is 0 Å². The van der Waals surface area contributed by atoms with Crippen molar-refractivity contribution in [1.29, 1.82) is 0 Å². The molecule has 0 rings (SSSR count). The Kier molecular flexibility index (Phi) is 6.88. The zero-order valence-corrected chi connectivity index (χ0v) is 9.82. The van der Waals surface area contributed by atoms with E-state index in [0.717, 1.165) is 0 Å². The van der Waals surface area contributed by atoms with Gasteiger partial charge in [-0.2, -0.15) is 0 Å². The lowest BCUT2D eigenvalue weighted by molar-refractivity contribution is -0.149. The largest absolute Gasteiger partial charge is 0.439 e. The molecule has 1 unspecified atom stereocenters. The van der Waals surface area contributed by atoms with Gasteiger partial charge in [0.1, 0.15) is 0 Å². The lowest BCUT2D eigenvalue weighted by Crippen LogP contribution is -2.37. The molecule has 0 N–H and O–H groups in total. The molecule has 0 heterocycles. The number of rotatable bonds is 8. The van der Waals surface area contributed by atoms with Crippen LogP contribution in [0, 0.1) is 0 Å². The molecular weight excluding hydrogens is 202 g/mol. The first-order valence-corrected chi connectivity index (χ1v) is 5.01. The van der Waals surface area contributed by atoms with Crippen molar-refractivity contribution in [3.8, 4) is 0 Å². The molecule has 3 nitrogen and oxygen atoms in total. The standard InChI is InChI=1S/C13H19NO2/c1-6-9-14(10-7-2)12(8-3)16-13(15)11(4)5/h6-8,12H,1-4,9-10H2,5H3. The van der Waals surface area contributed by atoms with Gasteiger partial charge in [-0.25, -0.2) is 4.79 Å². The number of hydrogen-bond donors (Lipinski definition) is 0. The Labute approximate surface area is 97.4 Å². The lowest BCUT2D eigenvalue weighted by atomic mass is 10.3. The third-order valence-corrected chi connectivity index (χ3v) is 1.86. The summed E-state index contributed by atoms with van der Waals surface area (Å²) in [6.07, 6.45) is 4.54. The maximum Gasteiger partial charge on any atom is 0.334 e. The van der Waals surface area contributed by atoms with Crippen LogP contribution in [-0.4, -0.2) is 30.2 Å². The highest BCUT2D eigenvalue weighted by atomic mass is 16.6. The van der Waals surface area contributed by atoms with E-state index in [2.05, 4.69) is 26.3 Å². The first-order valence-electron chi connectivity index (χ1n) is 5.01. The second-order valence-corrected chi connectivity index (χ2v) is 3.34. The van der Waals surface area contributed by atoms with E-state index >= 15 is 0 Å². The minimum Gasteiger partial charge on any atom is -0.439 e. The molecule has 0 bridgehead atoms. The lowest BCUT2D eigenvalue weighted by Gasteiger charge is -2.26. The van der Waals surface area contributed by atoms with Crippen molar-refractivity contribution >= 4 is 5.97 Å². The van der Waals surface area contributed by atoms with Gasteiger partial charge in [0.15, 0.2) is 6.23 Å². The molecule has 1 atom stereocenters. The molecule has 88 valence electrons. The van der Waals surface area contributed by atoms with Crippen molar-refractivity contribution in [1.82, 2.24) is 4.90 Å². The molecule has 0 saturated heterocycles. The molecule has 0 aliphatic carbocycles. The third-order valence-electron chi connectivity index (χ3n) is 1.86. The number of nitrogens with zero attached hydrogens (tertiary/aromatic N) is 1. The fraction of sp³-hybridized carbons (Fsp3) is 0.308. The van der Waals surface area contributed by atoms with Gasteiger partial charge in [-0.05, 0) is 13.0 Å². The van der Waals surface area contributed by atoms with E-state index in [0.29, 0.717) is 18.7 Å². The first kappa shape index (κ1) is 14.4. The van der Waals surface area contributed by atoms with Gasteiger partial charge in [0.2, 0.25) is 0 Å². The fourth-order valence-electron chi connectivity index (χ4n) is 1.10. The molecule has 0 fully saturated rings. The summed E-state index contributed by atoms with van der Waals surface area (Å²) in [7, 11) is 0. The van der Waals surface area contributed by atoms with Gasteiger partial charge in [0.25, 0.3) is 0 Å². The Morgan fingerprint density at radius 1 is 1.31 bits per heavy atom. The Morgan fingerprint density at radius 2 is 1.81 bits per heavy atom. The Morgan fingerprint density at radius 3 is 2.12 bits per heavy atom. The normalized spacial score (nSPS) is 11.6. The Balaban J connectivity index is 4.58. The molecule has 16 heavy (non-hydrogen) atoms. The number of carbonyl (C=O) groups is 1. The number of carbonyl (C=O) groups excluding carboxylic acids is 1. The maximum atomic E-state index is 11.4.